The topological polar surface area (TPSA) is 58.7 Å². The molecule has 0 saturated carbocycles. The van der Waals surface area contributed by atoms with Crippen LogP contribution in [0.2, 0.25) is 0 Å². The Hall–Kier alpha value is -2.79. The lowest BCUT2D eigenvalue weighted by Crippen LogP contribution is -2.22. The SMILES string of the molecule is CCSc1ccc(C#N)cc1Cn1cnc2ccc(C(F)(F)F)cc2c1=O. The minimum atomic E-state index is -4.53. The molecular formula is C19H14F3N3OS. The molecule has 1 heterocycles. The molecule has 0 saturated heterocycles. The fourth-order valence-electron chi connectivity index (χ4n) is 2.70. The molecule has 0 aliphatic heterocycles. The van der Waals surface area contributed by atoms with Crippen molar-refractivity contribution in [2.24, 2.45) is 0 Å². The standard InChI is InChI=1S/C19H14F3N3OS/c1-2-27-17-6-3-12(9-23)7-13(17)10-25-11-24-16-5-4-14(19(20,21)22)8-15(16)18(25)26/h3-8,11H,2,10H2,1H3. The Balaban J connectivity index is 2.09. The molecule has 3 rings (SSSR count). The molecule has 2 aromatic carbocycles. The maximum absolute atomic E-state index is 13.0. The van der Waals surface area contributed by atoms with Crippen LogP contribution in [0.15, 0.2) is 52.4 Å². The van der Waals surface area contributed by atoms with Crippen LogP contribution in [0.1, 0.15) is 23.6 Å². The summed E-state index contributed by atoms with van der Waals surface area (Å²) in [7, 11) is 0. The van der Waals surface area contributed by atoms with E-state index in [2.05, 4.69) is 11.1 Å². The zero-order valence-corrected chi connectivity index (χ0v) is 15.1. The highest BCUT2D eigenvalue weighted by Crippen LogP contribution is 2.30. The summed E-state index contributed by atoms with van der Waals surface area (Å²) in [6, 6.07) is 10.2. The number of nitriles is 1. The average Bonchev–Trinajstić information content (AvgIpc) is 2.64. The number of halogens is 3. The van der Waals surface area contributed by atoms with Crippen molar-refractivity contribution in [1.29, 1.82) is 5.26 Å². The van der Waals surface area contributed by atoms with Crippen LogP contribution in [-0.4, -0.2) is 15.3 Å². The number of alkyl halides is 3. The smallest absolute Gasteiger partial charge is 0.294 e. The predicted molar refractivity (Wildman–Crippen MR) is 97.7 cm³/mol. The van der Waals surface area contributed by atoms with Gasteiger partial charge in [-0.15, -0.1) is 11.8 Å². The number of hydrogen-bond acceptors (Lipinski definition) is 4. The summed E-state index contributed by atoms with van der Waals surface area (Å²) in [4.78, 5) is 17.7. The third-order valence-corrected chi connectivity index (χ3v) is 4.98. The third kappa shape index (κ3) is 3.98. The van der Waals surface area contributed by atoms with Gasteiger partial charge in [0.25, 0.3) is 5.56 Å². The molecule has 27 heavy (non-hydrogen) atoms. The first-order chi connectivity index (χ1) is 12.8. The lowest BCUT2D eigenvalue weighted by molar-refractivity contribution is -0.137. The van der Waals surface area contributed by atoms with Crippen molar-refractivity contribution in [2.45, 2.75) is 24.5 Å². The second kappa shape index (κ2) is 7.45. The van der Waals surface area contributed by atoms with Crippen molar-refractivity contribution in [3.05, 3.63) is 69.8 Å². The zero-order chi connectivity index (χ0) is 19.6. The summed E-state index contributed by atoms with van der Waals surface area (Å²) in [6.07, 6.45) is -3.22. The molecule has 4 nitrogen and oxygen atoms in total. The van der Waals surface area contributed by atoms with E-state index < -0.39 is 17.3 Å². The molecule has 0 bridgehead atoms. The zero-order valence-electron chi connectivity index (χ0n) is 14.2. The van der Waals surface area contributed by atoms with Crippen molar-refractivity contribution < 1.29 is 13.2 Å². The molecule has 0 aliphatic rings. The van der Waals surface area contributed by atoms with Crippen LogP contribution in [-0.2, 0) is 12.7 Å². The minimum Gasteiger partial charge on any atom is -0.294 e. The molecule has 0 spiro atoms. The first-order valence-electron chi connectivity index (χ1n) is 8.05. The summed E-state index contributed by atoms with van der Waals surface area (Å²) in [6.45, 7) is 2.10. The van der Waals surface area contributed by atoms with E-state index >= 15 is 0 Å². The van der Waals surface area contributed by atoms with Gasteiger partial charge in [-0.2, -0.15) is 18.4 Å². The van der Waals surface area contributed by atoms with E-state index in [9.17, 15) is 18.0 Å². The number of thioether (sulfide) groups is 1. The van der Waals surface area contributed by atoms with Gasteiger partial charge in [-0.05, 0) is 47.7 Å². The highest BCUT2D eigenvalue weighted by molar-refractivity contribution is 7.99. The van der Waals surface area contributed by atoms with Gasteiger partial charge in [0, 0.05) is 4.90 Å². The number of aromatic nitrogens is 2. The molecule has 0 unspecified atom stereocenters. The maximum atomic E-state index is 13.0. The third-order valence-electron chi connectivity index (χ3n) is 3.98. The molecule has 3 aromatic rings. The highest BCUT2D eigenvalue weighted by Gasteiger charge is 2.30. The molecule has 1 aromatic heterocycles. The number of nitrogens with zero attached hydrogens (tertiary/aromatic N) is 3. The van der Waals surface area contributed by atoms with Gasteiger partial charge in [0.1, 0.15) is 0 Å². The van der Waals surface area contributed by atoms with Gasteiger partial charge >= 0.3 is 6.18 Å². The summed E-state index contributed by atoms with van der Waals surface area (Å²) in [5.74, 6) is 0.804. The molecule has 0 amide bonds. The number of benzene rings is 2. The summed E-state index contributed by atoms with van der Waals surface area (Å²) < 4.78 is 40.1. The lowest BCUT2D eigenvalue weighted by Gasteiger charge is -2.12. The van der Waals surface area contributed by atoms with E-state index in [1.165, 1.54) is 17.0 Å². The quantitative estimate of drug-likeness (QED) is 0.619. The van der Waals surface area contributed by atoms with Crippen molar-refractivity contribution >= 4 is 22.7 Å². The molecule has 0 atom stereocenters. The Morgan fingerprint density at radius 3 is 2.67 bits per heavy atom. The minimum absolute atomic E-state index is 0.0894. The van der Waals surface area contributed by atoms with Gasteiger partial charge in [-0.25, -0.2) is 4.98 Å². The van der Waals surface area contributed by atoms with Gasteiger partial charge in [0.05, 0.1) is 41.0 Å². The summed E-state index contributed by atoms with van der Waals surface area (Å²) >= 11 is 1.56. The van der Waals surface area contributed by atoms with Gasteiger partial charge in [-0.3, -0.25) is 9.36 Å². The Labute approximate surface area is 157 Å². The first kappa shape index (κ1) is 19.0. The van der Waals surface area contributed by atoms with E-state index in [1.54, 1.807) is 23.9 Å². The summed E-state index contributed by atoms with van der Waals surface area (Å²) in [5.41, 5.74) is -0.0396. The van der Waals surface area contributed by atoms with Gasteiger partial charge in [-0.1, -0.05) is 6.92 Å². The van der Waals surface area contributed by atoms with Crippen LogP contribution in [0, 0.1) is 11.3 Å². The van der Waals surface area contributed by atoms with E-state index in [-0.39, 0.29) is 17.4 Å². The Morgan fingerprint density at radius 2 is 2.00 bits per heavy atom. The monoisotopic (exact) mass is 389 g/mol. The van der Waals surface area contributed by atoms with Gasteiger partial charge in [0.15, 0.2) is 0 Å². The maximum Gasteiger partial charge on any atom is 0.416 e. The van der Waals surface area contributed by atoms with Crippen LogP contribution >= 0.6 is 11.8 Å². The fraction of sp³-hybridized carbons (Fsp3) is 0.211. The van der Waals surface area contributed by atoms with Crippen LogP contribution in [0.25, 0.3) is 10.9 Å². The summed E-state index contributed by atoms with van der Waals surface area (Å²) in [5, 5.41) is 9.02. The van der Waals surface area contributed by atoms with Crippen LogP contribution < -0.4 is 5.56 Å². The largest absolute Gasteiger partial charge is 0.416 e. The second-order valence-electron chi connectivity index (χ2n) is 5.77. The van der Waals surface area contributed by atoms with Crippen molar-refractivity contribution in [2.75, 3.05) is 5.75 Å². The average molecular weight is 389 g/mol. The number of fused-ring (bicyclic) bond motifs is 1. The van der Waals surface area contributed by atoms with E-state index in [0.29, 0.717) is 5.56 Å². The molecule has 8 heteroatoms. The highest BCUT2D eigenvalue weighted by atomic mass is 32.2. The predicted octanol–water partition coefficient (Wildman–Crippen LogP) is 4.45. The Morgan fingerprint density at radius 1 is 1.22 bits per heavy atom. The second-order valence-corrected chi connectivity index (χ2v) is 7.08. The fourth-order valence-corrected chi connectivity index (χ4v) is 3.48. The number of rotatable bonds is 4. The van der Waals surface area contributed by atoms with Crippen molar-refractivity contribution in [1.82, 2.24) is 9.55 Å². The molecular weight excluding hydrogens is 375 g/mol. The Bertz CT molecular complexity index is 1100. The molecule has 0 radical (unpaired) electrons. The molecule has 0 aliphatic carbocycles. The van der Waals surface area contributed by atoms with Crippen molar-refractivity contribution in [3.8, 4) is 6.07 Å². The Kier molecular flexibility index (Phi) is 5.24. The van der Waals surface area contributed by atoms with Gasteiger partial charge < -0.3 is 0 Å². The van der Waals surface area contributed by atoms with E-state index in [4.69, 9.17) is 5.26 Å². The van der Waals surface area contributed by atoms with E-state index in [1.807, 2.05) is 13.0 Å². The molecule has 138 valence electrons. The molecule has 0 fully saturated rings. The van der Waals surface area contributed by atoms with E-state index in [0.717, 1.165) is 28.3 Å². The van der Waals surface area contributed by atoms with Crippen molar-refractivity contribution in [3.63, 3.8) is 0 Å². The molecule has 0 N–H and O–H groups in total. The number of hydrogen-bond donors (Lipinski definition) is 0. The van der Waals surface area contributed by atoms with Gasteiger partial charge in [0.2, 0.25) is 0 Å². The normalized spacial score (nSPS) is 11.5. The van der Waals surface area contributed by atoms with Crippen LogP contribution in [0.3, 0.4) is 0 Å². The van der Waals surface area contributed by atoms with Crippen LogP contribution in [0.5, 0.6) is 0 Å². The lowest BCUT2D eigenvalue weighted by atomic mass is 10.1. The first-order valence-corrected chi connectivity index (χ1v) is 9.04. The van der Waals surface area contributed by atoms with Crippen LogP contribution in [0.4, 0.5) is 13.2 Å².